The number of aryl methyl sites for hydroxylation is 1. The summed E-state index contributed by atoms with van der Waals surface area (Å²) in [5.74, 6) is 0.586. The van der Waals surface area contributed by atoms with Gasteiger partial charge in [0.1, 0.15) is 11.4 Å². The van der Waals surface area contributed by atoms with Crippen LogP contribution in [0.2, 0.25) is 5.02 Å². The van der Waals surface area contributed by atoms with E-state index in [1.165, 1.54) is 7.11 Å². The lowest BCUT2D eigenvalue weighted by molar-refractivity contribution is 0.0508. The molecular weight excluding hydrogens is 574 g/mol. The van der Waals surface area contributed by atoms with Gasteiger partial charge in [-0.05, 0) is 71.6 Å². The fourth-order valence-electron chi connectivity index (χ4n) is 5.65. The Morgan fingerprint density at radius 2 is 1.86 bits per heavy atom. The van der Waals surface area contributed by atoms with E-state index in [4.69, 9.17) is 31.2 Å². The molecule has 0 bridgehead atoms. The van der Waals surface area contributed by atoms with Crippen molar-refractivity contribution in [2.45, 2.75) is 71.1 Å². The van der Waals surface area contributed by atoms with Crippen LogP contribution in [-0.4, -0.2) is 76.0 Å². The number of halogens is 1. The van der Waals surface area contributed by atoms with Crippen LogP contribution in [0.5, 0.6) is 0 Å². The van der Waals surface area contributed by atoms with E-state index >= 15 is 0 Å². The highest BCUT2D eigenvalue weighted by molar-refractivity contribution is 6.31. The van der Waals surface area contributed by atoms with Gasteiger partial charge in [-0.25, -0.2) is 19.1 Å². The number of amides is 3. The van der Waals surface area contributed by atoms with Gasteiger partial charge in [-0.3, -0.25) is 10.1 Å². The molecule has 2 fully saturated rings. The van der Waals surface area contributed by atoms with Crippen LogP contribution in [0.4, 0.5) is 21.1 Å². The second kappa shape index (κ2) is 12.3. The van der Waals surface area contributed by atoms with E-state index in [9.17, 15) is 14.4 Å². The van der Waals surface area contributed by atoms with Crippen LogP contribution in [0, 0.1) is 6.92 Å². The van der Waals surface area contributed by atoms with Crippen LogP contribution in [0.15, 0.2) is 30.5 Å². The standard InChI is InChI=1S/C30H38ClN7O5/c1-18-16-38-25(34-26(18)36-13-11-20(17-36)32-29(41)43-30(2,3)4)15-23(35-38)24-8-6-7-12-37(24)27(39)21-14-19(31)9-10-22(21)33-28(40)42-5/h9-10,14-16,20,24H,6-8,11-13,17H2,1-5H3,(H,32,41)(H,33,40)/t20-,24-/m0/s1. The van der Waals surface area contributed by atoms with Crippen molar-refractivity contribution in [2.24, 2.45) is 0 Å². The van der Waals surface area contributed by atoms with E-state index in [1.54, 1.807) is 27.6 Å². The number of alkyl carbamates (subject to hydrolysis) is 1. The summed E-state index contributed by atoms with van der Waals surface area (Å²) >= 11 is 6.25. The Hall–Kier alpha value is -4.06. The summed E-state index contributed by atoms with van der Waals surface area (Å²) in [4.78, 5) is 47.0. The van der Waals surface area contributed by atoms with Crippen molar-refractivity contribution in [1.82, 2.24) is 24.8 Å². The number of benzene rings is 1. The van der Waals surface area contributed by atoms with E-state index in [2.05, 4.69) is 15.5 Å². The Morgan fingerprint density at radius 3 is 2.60 bits per heavy atom. The summed E-state index contributed by atoms with van der Waals surface area (Å²) in [7, 11) is 1.26. The first-order chi connectivity index (χ1) is 20.4. The second-order valence-corrected chi connectivity index (χ2v) is 12.5. The molecule has 0 aliphatic carbocycles. The topological polar surface area (TPSA) is 130 Å². The highest BCUT2D eigenvalue weighted by atomic mass is 35.5. The van der Waals surface area contributed by atoms with Gasteiger partial charge in [0, 0.05) is 42.5 Å². The van der Waals surface area contributed by atoms with Crippen LogP contribution in [-0.2, 0) is 9.47 Å². The predicted molar refractivity (Wildman–Crippen MR) is 163 cm³/mol. The highest BCUT2D eigenvalue weighted by Crippen LogP contribution is 2.34. The molecule has 4 heterocycles. The average molecular weight is 612 g/mol. The second-order valence-electron chi connectivity index (χ2n) is 12.0. The first-order valence-electron chi connectivity index (χ1n) is 14.5. The van der Waals surface area contributed by atoms with Gasteiger partial charge in [0.15, 0.2) is 5.65 Å². The van der Waals surface area contributed by atoms with Crippen molar-refractivity contribution in [3.63, 3.8) is 0 Å². The van der Waals surface area contributed by atoms with Crippen molar-refractivity contribution < 1.29 is 23.9 Å². The third-order valence-electron chi connectivity index (χ3n) is 7.57. The number of rotatable bonds is 5. The highest BCUT2D eigenvalue weighted by Gasteiger charge is 2.33. The summed E-state index contributed by atoms with van der Waals surface area (Å²) in [6.45, 7) is 9.43. The number of likely N-dealkylation sites (tertiary alicyclic amines) is 1. The summed E-state index contributed by atoms with van der Waals surface area (Å²) in [6.07, 6.45) is 4.18. The lowest BCUT2D eigenvalue weighted by atomic mass is 9.98. The minimum absolute atomic E-state index is 0.0420. The molecule has 1 aromatic carbocycles. The quantitative estimate of drug-likeness (QED) is 0.395. The SMILES string of the molecule is COC(=O)Nc1ccc(Cl)cc1C(=O)N1CCCC[C@H]1c1cc2nc(N3CC[C@H](NC(=O)OC(C)(C)C)C3)c(C)cn2n1. The molecule has 0 radical (unpaired) electrons. The summed E-state index contributed by atoms with van der Waals surface area (Å²) in [6, 6.07) is 6.38. The lowest BCUT2D eigenvalue weighted by Gasteiger charge is -2.35. The summed E-state index contributed by atoms with van der Waals surface area (Å²) < 4.78 is 11.9. The minimum atomic E-state index is -0.672. The maximum atomic E-state index is 13.9. The van der Waals surface area contributed by atoms with Gasteiger partial charge in [0.2, 0.25) is 0 Å². The number of methoxy groups -OCH3 is 1. The number of anilines is 2. The number of piperidine rings is 1. The van der Waals surface area contributed by atoms with E-state index in [1.807, 2.05) is 40.0 Å². The van der Waals surface area contributed by atoms with Crippen molar-refractivity contribution in [1.29, 1.82) is 0 Å². The molecule has 0 spiro atoms. The molecular formula is C30H38ClN7O5. The Balaban J connectivity index is 1.37. The first-order valence-corrected chi connectivity index (χ1v) is 14.9. The first kappa shape index (κ1) is 30.4. The van der Waals surface area contributed by atoms with E-state index in [-0.39, 0.29) is 23.6 Å². The third-order valence-corrected chi connectivity index (χ3v) is 7.81. The Labute approximate surface area is 255 Å². The molecule has 2 saturated heterocycles. The van der Waals surface area contributed by atoms with Gasteiger partial charge in [-0.2, -0.15) is 5.10 Å². The normalized spacial score (nSPS) is 18.9. The van der Waals surface area contributed by atoms with Gasteiger partial charge in [-0.1, -0.05) is 11.6 Å². The molecule has 12 nitrogen and oxygen atoms in total. The van der Waals surface area contributed by atoms with Crippen LogP contribution in [0.1, 0.15) is 74.1 Å². The molecule has 3 amide bonds. The van der Waals surface area contributed by atoms with Crippen molar-refractivity contribution in [3.05, 3.63) is 52.3 Å². The molecule has 2 aromatic heterocycles. The van der Waals surface area contributed by atoms with Crippen molar-refractivity contribution in [3.8, 4) is 0 Å². The molecule has 2 aliphatic heterocycles. The number of aromatic nitrogens is 3. The number of nitrogens with zero attached hydrogens (tertiary/aromatic N) is 5. The van der Waals surface area contributed by atoms with Crippen LogP contribution < -0.4 is 15.5 Å². The van der Waals surface area contributed by atoms with Gasteiger partial charge in [0.05, 0.1) is 36.1 Å². The molecule has 5 rings (SSSR count). The van der Waals surface area contributed by atoms with Gasteiger partial charge < -0.3 is 24.6 Å². The smallest absolute Gasteiger partial charge is 0.411 e. The Morgan fingerprint density at radius 1 is 1.07 bits per heavy atom. The number of fused-ring (bicyclic) bond motifs is 1. The zero-order chi connectivity index (χ0) is 30.9. The number of carbonyl (C=O) groups excluding carboxylic acids is 3. The molecule has 43 heavy (non-hydrogen) atoms. The van der Waals surface area contributed by atoms with Crippen LogP contribution in [0.25, 0.3) is 5.65 Å². The van der Waals surface area contributed by atoms with E-state index < -0.39 is 17.8 Å². The zero-order valence-corrected chi connectivity index (χ0v) is 25.9. The maximum Gasteiger partial charge on any atom is 0.411 e. The van der Waals surface area contributed by atoms with E-state index in [0.29, 0.717) is 29.4 Å². The van der Waals surface area contributed by atoms with Gasteiger partial charge >= 0.3 is 12.2 Å². The third kappa shape index (κ3) is 6.96. The Kier molecular flexibility index (Phi) is 8.68. The average Bonchev–Trinajstić information content (AvgIpc) is 3.58. The van der Waals surface area contributed by atoms with E-state index in [0.717, 1.165) is 49.3 Å². The Bertz CT molecular complexity index is 1540. The maximum absolute atomic E-state index is 13.9. The minimum Gasteiger partial charge on any atom is -0.453 e. The van der Waals surface area contributed by atoms with Gasteiger partial charge in [-0.15, -0.1) is 0 Å². The molecule has 0 unspecified atom stereocenters. The van der Waals surface area contributed by atoms with Gasteiger partial charge in [0.25, 0.3) is 5.91 Å². The number of hydrogen-bond acceptors (Lipinski definition) is 8. The number of nitrogens with one attached hydrogen (secondary N) is 2. The zero-order valence-electron chi connectivity index (χ0n) is 25.1. The molecule has 13 heteroatoms. The molecule has 230 valence electrons. The largest absolute Gasteiger partial charge is 0.453 e. The lowest BCUT2D eigenvalue weighted by Crippen LogP contribution is -2.40. The molecule has 2 atom stereocenters. The van der Waals surface area contributed by atoms with Crippen LogP contribution in [0.3, 0.4) is 0 Å². The fraction of sp³-hybridized carbons (Fsp3) is 0.500. The molecule has 3 aromatic rings. The molecule has 2 aliphatic rings. The molecule has 0 saturated carbocycles. The predicted octanol–water partition coefficient (Wildman–Crippen LogP) is 5.34. The fourth-order valence-corrected chi connectivity index (χ4v) is 5.82. The van der Waals surface area contributed by atoms with Crippen LogP contribution >= 0.6 is 11.6 Å². The monoisotopic (exact) mass is 611 g/mol. The number of hydrogen-bond donors (Lipinski definition) is 2. The van der Waals surface area contributed by atoms with Crippen molar-refractivity contribution >= 4 is 46.8 Å². The molecule has 2 N–H and O–H groups in total. The summed E-state index contributed by atoms with van der Waals surface area (Å²) in [5.41, 5.74) is 2.43. The van der Waals surface area contributed by atoms with Crippen molar-refractivity contribution in [2.75, 3.05) is 37.0 Å². The number of carbonyl (C=O) groups is 3. The number of ether oxygens (including phenoxy) is 2. The summed E-state index contributed by atoms with van der Waals surface area (Å²) in [5, 5.41) is 10.8.